The number of rotatable bonds is 2. The van der Waals surface area contributed by atoms with Crippen molar-refractivity contribution in [2.75, 3.05) is 24.7 Å². The molecular formula is C20H23N10O9P2S+. The minimum atomic E-state index is -3.95. The van der Waals surface area contributed by atoms with Crippen LogP contribution in [0.5, 0.6) is 0 Å². The van der Waals surface area contributed by atoms with Crippen LogP contribution in [-0.4, -0.2) is 81.6 Å². The maximum absolute atomic E-state index is 12.9. The van der Waals surface area contributed by atoms with Crippen molar-refractivity contribution in [1.29, 1.82) is 0 Å². The third-order valence-corrected chi connectivity index (χ3v) is 9.46. The summed E-state index contributed by atoms with van der Waals surface area (Å²) in [6.45, 7) is -4.41. The first-order valence-electron chi connectivity index (χ1n) is 12.5. The molecule has 0 radical (unpaired) electrons. The monoisotopic (exact) mass is 641 g/mol. The van der Waals surface area contributed by atoms with Gasteiger partial charge in [-0.2, -0.15) is 0 Å². The Morgan fingerprint density at radius 2 is 1.81 bits per heavy atom. The van der Waals surface area contributed by atoms with Gasteiger partial charge in [0.05, 0.1) is 19.0 Å². The molecule has 6 N–H and O–H groups in total. The summed E-state index contributed by atoms with van der Waals surface area (Å²) in [5.41, 5.74) is 12.4. The molecule has 19 nitrogen and oxygen atoms in total. The summed E-state index contributed by atoms with van der Waals surface area (Å²) in [7, 11) is -2.65. The Balaban J connectivity index is 1.15. The number of nitrogen functional groups attached to an aromatic ring is 2. The van der Waals surface area contributed by atoms with Crippen LogP contribution in [0.2, 0.25) is 0 Å². The van der Waals surface area contributed by atoms with E-state index in [-0.39, 0.29) is 48.9 Å². The third-order valence-electron chi connectivity index (χ3n) is 7.07. The van der Waals surface area contributed by atoms with Crippen LogP contribution in [0.3, 0.4) is 0 Å². The third kappa shape index (κ3) is 4.98. The number of hydrogen-bond acceptors (Lipinski definition) is 16. The molecule has 0 aromatic carbocycles. The van der Waals surface area contributed by atoms with E-state index in [0.29, 0.717) is 11.2 Å². The second-order valence-corrected chi connectivity index (χ2v) is 13.4. The summed E-state index contributed by atoms with van der Waals surface area (Å²) in [4.78, 5) is 47.0. The number of hydrogen-bond donors (Lipinski definition) is 4. The topological polar surface area (TPSA) is 252 Å². The Morgan fingerprint density at radius 3 is 2.64 bits per heavy atom. The molecule has 0 amide bonds. The average Bonchev–Trinajstić information content (AvgIpc) is 3.71. The highest BCUT2D eigenvalue weighted by Crippen LogP contribution is 2.51. The summed E-state index contributed by atoms with van der Waals surface area (Å²) < 4.78 is 50.6. The summed E-state index contributed by atoms with van der Waals surface area (Å²) in [5.74, 6) is 0.261. The van der Waals surface area contributed by atoms with Gasteiger partial charge in [-0.15, -0.1) is 9.05 Å². The standard InChI is InChI=1S/C20H22N10O9P2S/c21-15-13-17(25-5-23-15)29(7-27-13)12-2-9-11(37-12)4-35-41(33,42)39-10-1-8(3-34-40(32)38-9)36-19(10)30-18-14(28-20(30)31)16(22)24-6-26-18/h5-12,19H,1-4H2,(H5-,21,22,23,24,25,26,28,31,33,42)/p+1. The van der Waals surface area contributed by atoms with Crippen molar-refractivity contribution in [2.24, 2.45) is 0 Å². The summed E-state index contributed by atoms with van der Waals surface area (Å²) in [5, 5.41) is 0. The molecule has 22 heteroatoms. The van der Waals surface area contributed by atoms with Crippen LogP contribution in [-0.2, 0) is 43.9 Å². The van der Waals surface area contributed by atoms with E-state index in [2.05, 4.69) is 29.9 Å². The van der Waals surface area contributed by atoms with Gasteiger partial charge in [0.15, 0.2) is 29.2 Å². The molecule has 0 aliphatic carbocycles. The zero-order valence-corrected chi connectivity index (χ0v) is 23.9. The Morgan fingerprint density at radius 1 is 1.02 bits per heavy atom. The molecule has 7 rings (SSSR count). The molecule has 3 aliphatic rings. The van der Waals surface area contributed by atoms with Crippen LogP contribution in [0.15, 0.2) is 23.8 Å². The van der Waals surface area contributed by atoms with E-state index in [4.69, 9.17) is 50.8 Å². The molecule has 8 unspecified atom stereocenters. The molecule has 3 saturated heterocycles. The van der Waals surface area contributed by atoms with Gasteiger partial charge in [0.2, 0.25) is 0 Å². The normalized spacial score (nSPS) is 33.3. The molecule has 4 aromatic heterocycles. The van der Waals surface area contributed by atoms with Gasteiger partial charge < -0.3 is 39.9 Å². The van der Waals surface area contributed by atoms with Crippen molar-refractivity contribution in [3.63, 3.8) is 0 Å². The molecule has 4 aromatic rings. The lowest BCUT2D eigenvalue weighted by molar-refractivity contribution is -0.0583. The molecule has 2 bridgehead atoms. The second-order valence-electron chi connectivity index (χ2n) is 9.66. The van der Waals surface area contributed by atoms with Crippen molar-refractivity contribution < 1.29 is 37.0 Å². The van der Waals surface area contributed by atoms with Crippen molar-refractivity contribution in [2.45, 2.75) is 49.7 Å². The van der Waals surface area contributed by atoms with Gasteiger partial charge >= 0.3 is 20.7 Å². The predicted molar refractivity (Wildman–Crippen MR) is 145 cm³/mol. The molecule has 7 heterocycles. The van der Waals surface area contributed by atoms with E-state index < -0.39 is 57.5 Å². The fourth-order valence-electron chi connectivity index (χ4n) is 5.20. The van der Waals surface area contributed by atoms with Crippen molar-refractivity contribution in [3.8, 4) is 0 Å². The first-order chi connectivity index (χ1) is 20.2. The fraction of sp³-hybridized carbons (Fsp3) is 0.500. The smallest absolute Gasteiger partial charge is 0.382 e. The lowest BCUT2D eigenvalue weighted by Gasteiger charge is -2.25. The summed E-state index contributed by atoms with van der Waals surface area (Å²) >= 11 is 5.32. The van der Waals surface area contributed by atoms with E-state index in [1.807, 2.05) is 0 Å². The van der Waals surface area contributed by atoms with E-state index in [0.717, 1.165) is 0 Å². The van der Waals surface area contributed by atoms with Crippen molar-refractivity contribution >= 4 is 60.7 Å². The second kappa shape index (κ2) is 10.6. The summed E-state index contributed by atoms with van der Waals surface area (Å²) in [6, 6.07) is 0. The first kappa shape index (κ1) is 27.8. The molecule has 42 heavy (non-hydrogen) atoms. The van der Waals surface area contributed by atoms with Gasteiger partial charge in [-0.25, -0.2) is 34.3 Å². The van der Waals surface area contributed by atoms with E-state index >= 15 is 0 Å². The molecule has 3 aliphatic heterocycles. The Hall–Kier alpha value is -3.03. The van der Waals surface area contributed by atoms with E-state index in [1.54, 1.807) is 4.57 Å². The number of aromatic amines is 1. The average molecular weight is 641 g/mol. The zero-order chi connectivity index (χ0) is 29.2. The number of aromatic nitrogens is 8. The Bertz CT molecular complexity index is 1800. The number of H-pyrrole nitrogens is 1. The maximum atomic E-state index is 12.9. The Kier molecular flexibility index (Phi) is 7.01. The van der Waals surface area contributed by atoms with Gasteiger partial charge in [-0.05, 0) is 11.8 Å². The fourth-order valence-corrected chi connectivity index (χ4v) is 7.44. The van der Waals surface area contributed by atoms with E-state index in [9.17, 15) is 14.3 Å². The zero-order valence-electron chi connectivity index (χ0n) is 21.3. The number of nitrogens with two attached hydrogens (primary N) is 2. The van der Waals surface area contributed by atoms with E-state index in [1.165, 1.54) is 23.5 Å². The molecule has 8 atom stereocenters. The van der Waals surface area contributed by atoms with Gasteiger partial charge in [-0.3, -0.25) is 4.57 Å². The molecule has 3 fully saturated rings. The van der Waals surface area contributed by atoms with Gasteiger partial charge in [0.25, 0.3) is 0 Å². The number of fused-ring (bicyclic) bond motifs is 5. The van der Waals surface area contributed by atoms with Crippen LogP contribution in [0, 0.1) is 0 Å². The van der Waals surface area contributed by atoms with Gasteiger partial charge in [-0.1, -0.05) is 0 Å². The number of ether oxygens (including phenoxy) is 2. The van der Waals surface area contributed by atoms with Gasteiger partial charge in [0.1, 0.15) is 54.8 Å². The van der Waals surface area contributed by atoms with Crippen LogP contribution >= 0.6 is 15.0 Å². The molecule has 222 valence electrons. The highest BCUT2D eigenvalue weighted by atomic mass is 32.5. The quantitative estimate of drug-likeness (QED) is 0.216. The lowest BCUT2D eigenvalue weighted by Crippen LogP contribution is -2.31. The lowest BCUT2D eigenvalue weighted by atomic mass is 10.2. The van der Waals surface area contributed by atoms with Crippen LogP contribution in [0.25, 0.3) is 22.3 Å². The van der Waals surface area contributed by atoms with Crippen molar-refractivity contribution in [3.05, 3.63) is 29.5 Å². The number of imidazole rings is 2. The highest BCUT2D eigenvalue weighted by molar-refractivity contribution is 8.07. The predicted octanol–water partition coefficient (Wildman–Crippen LogP) is 0.390. The minimum absolute atomic E-state index is 0.0575. The van der Waals surface area contributed by atoms with Crippen LogP contribution < -0.4 is 17.2 Å². The van der Waals surface area contributed by atoms with Crippen LogP contribution in [0.1, 0.15) is 25.3 Å². The highest BCUT2D eigenvalue weighted by Gasteiger charge is 2.48. The number of anilines is 2. The first-order valence-corrected chi connectivity index (χ1v) is 16.2. The van der Waals surface area contributed by atoms with Crippen LogP contribution in [0.4, 0.5) is 11.6 Å². The maximum Gasteiger partial charge on any atom is 0.697 e. The molecular weight excluding hydrogens is 618 g/mol. The Labute approximate surface area is 240 Å². The number of nitrogens with one attached hydrogen (secondary N) is 1. The largest absolute Gasteiger partial charge is 0.697 e. The minimum Gasteiger partial charge on any atom is -0.382 e. The number of nitrogens with zero attached hydrogens (tertiary/aromatic N) is 7. The molecule has 0 spiro atoms. The summed E-state index contributed by atoms with van der Waals surface area (Å²) in [6.07, 6.45) is -0.783. The van der Waals surface area contributed by atoms with Crippen molar-refractivity contribution in [1.82, 2.24) is 39.0 Å². The molecule has 0 saturated carbocycles. The SMILES string of the molecule is Nc1ncnc2c1ncn2C1CC2O[P+](=O)OCC3CC(OP(O)(=S)OCC2O1)C(n1c(=O)[nH]c2c(N)ncnc21)O3. The van der Waals surface area contributed by atoms with Gasteiger partial charge in [0, 0.05) is 17.4 Å².